The normalized spacial score (nSPS) is 10.6. The van der Waals surface area contributed by atoms with Crippen LogP contribution in [0.4, 0.5) is 26.3 Å². The van der Waals surface area contributed by atoms with Crippen LogP contribution in [0.25, 0.3) is 0 Å². The molecule has 0 aliphatic heterocycles. The van der Waals surface area contributed by atoms with E-state index >= 15 is 0 Å². The first-order chi connectivity index (χ1) is 9.86. The Labute approximate surface area is 116 Å². The lowest BCUT2D eigenvalue weighted by atomic mass is 9.63. The fourth-order valence-corrected chi connectivity index (χ4v) is 1.85. The van der Waals surface area contributed by atoms with E-state index in [1.54, 1.807) is 0 Å². The van der Waals surface area contributed by atoms with Gasteiger partial charge in [0.15, 0.2) is 34.8 Å². The van der Waals surface area contributed by atoms with E-state index in [2.05, 4.69) is 4.74 Å². The summed E-state index contributed by atoms with van der Waals surface area (Å²) < 4.78 is 85.3. The molecular formula is C13H7BF6O. The molecule has 110 valence electrons. The van der Waals surface area contributed by atoms with Gasteiger partial charge in [-0.25, -0.2) is 26.3 Å². The Kier molecular flexibility index (Phi) is 4.15. The molecule has 2 rings (SSSR count). The number of hydrogen-bond donors (Lipinski definition) is 0. The van der Waals surface area contributed by atoms with Crippen LogP contribution >= 0.6 is 0 Å². The quantitative estimate of drug-likeness (QED) is 0.478. The van der Waals surface area contributed by atoms with Crippen LogP contribution in [0.15, 0.2) is 18.2 Å². The van der Waals surface area contributed by atoms with Crippen molar-refractivity contribution in [1.29, 1.82) is 0 Å². The summed E-state index contributed by atoms with van der Waals surface area (Å²) >= 11 is 0. The zero-order chi connectivity index (χ0) is 15.7. The third-order valence-electron chi connectivity index (χ3n) is 2.93. The molecule has 1 nitrogen and oxygen atoms in total. The summed E-state index contributed by atoms with van der Waals surface area (Å²) in [6.45, 7) is 0. The molecule has 0 aromatic heterocycles. The van der Waals surface area contributed by atoms with Gasteiger partial charge >= 0.3 is 0 Å². The van der Waals surface area contributed by atoms with Gasteiger partial charge in [-0.1, -0.05) is 0 Å². The maximum atomic E-state index is 13.9. The number of ether oxygens (including phenoxy) is 1. The summed E-state index contributed by atoms with van der Waals surface area (Å²) in [7, 11) is 0.115. The van der Waals surface area contributed by atoms with E-state index in [0.717, 1.165) is 19.2 Å². The Morgan fingerprint density at radius 3 is 1.86 bits per heavy atom. The lowest BCUT2D eigenvalue weighted by molar-refractivity contribution is 0.386. The van der Waals surface area contributed by atoms with Crippen molar-refractivity contribution < 1.29 is 31.1 Å². The molecule has 0 N–H and O–H groups in total. The van der Waals surface area contributed by atoms with E-state index in [1.165, 1.54) is 0 Å². The minimum absolute atomic E-state index is 0.0203. The smallest absolute Gasteiger partial charge is 0.208 e. The van der Waals surface area contributed by atoms with Gasteiger partial charge in [-0.3, -0.25) is 0 Å². The molecule has 0 aliphatic rings. The fraction of sp³-hybridized carbons (Fsp3) is 0.0769. The predicted molar refractivity (Wildman–Crippen MR) is 65.6 cm³/mol. The van der Waals surface area contributed by atoms with E-state index in [0.29, 0.717) is 0 Å². The van der Waals surface area contributed by atoms with Crippen molar-refractivity contribution in [2.24, 2.45) is 0 Å². The summed E-state index contributed by atoms with van der Waals surface area (Å²) in [5, 5.41) is 0. The fourth-order valence-electron chi connectivity index (χ4n) is 1.85. The highest BCUT2D eigenvalue weighted by Crippen LogP contribution is 2.16. The van der Waals surface area contributed by atoms with Crippen LogP contribution in [0.3, 0.4) is 0 Å². The Bertz CT molecular complexity index is 678. The molecule has 0 bridgehead atoms. The number of halogens is 6. The summed E-state index contributed by atoms with van der Waals surface area (Å²) in [5.74, 6) is -9.35. The Hall–Kier alpha value is -2.12. The average Bonchev–Trinajstić information content (AvgIpc) is 2.44. The van der Waals surface area contributed by atoms with Crippen molar-refractivity contribution in [3.05, 3.63) is 53.1 Å². The molecule has 0 radical (unpaired) electrons. The predicted octanol–water partition coefficient (Wildman–Crippen LogP) is 1.92. The van der Waals surface area contributed by atoms with Crippen LogP contribution in [-0.4, -0.2) is 14.4 Å². The first-order valence-corrected chi connectivity index (χ1v) is 5.69. The molecule has 0 fully saturated rings. The van der Waals surface area contributed by atoms with Crippen LogP contribution in [-0.2, 0) is 0 Å². The van der Waals surface area contributed by atoms with E-state index in [-0.39, 0.29) is 11.8 Å². The highest BCUT2D eigenvalue weighted by molar-refractivity contribution is 6.67. The minimum Gasteiger partial charge on any atom is -0.494 e. The second-order valence-corrected chi connectivity index (χ2v) is 4.17. The highest BCUT2D eigenvalue weighted by atomic mass is 19.2. The van der Waals surface area contributed by atoms with Gasteiger partial charge in [-0.15, -0.1) is 0 Å². The summed E-state index contributed by atoms with van der Waals surface area (Å²) in [5.41, 5.74) is -1.85. The van der Waals surface area contributed by atoms with Crippen molar-refractivity contribution >= 4 is 18.2 Å². The minimum atomic E-state index is -1.70. The number of benzene rings is 2. The van der Waals surface area contributed by atoms with Crippen LogP contribution in [0.1, 0.15) is 0 Å². The van der Waals surface area contributed by atoms with Gasteiger partial charge in [0.1, 0.15) is 5.82 Å². The molecule has 0 saturated carbocycles. The molecule has 21 heavy (non-hydrogen) atoms. The van der Waals surface area contributed by atoms with E-state index in [9.17, 15) is 26.3 Å². The maximum absolute atomic E-state index is 13.9. The maximum Gasteiger partial charge on any atom is 0.208 e. The van der Waals surface area contributed by atoms with Gasteiger partial charge in [0.25, 0.3) is 0 Å². The van der Waals surface area contributed by atoms with Crippen LogP contribution < -0.4 is 15.7 Å². The monoisotopic (exact) mass is 304 g/mol. The van der Waals surface area contributed by atoms with Gasteiger partial charge in [0.05, 0.1) is 7.11 Å². The lowest BCUT2D eigenvalue weighted by Gasteiger charge is -2.10. The first kappa shape index (κ1) is 15.3. The van der Waals surface area contributed by atoms with Gasteiger partial charge in [-0.05, 0) is 23.1 Å². The van der Waals surface area contributed by atoms with Crippen LogP contribution in [0.5, 0.6) is 5.75 Å². The molecule has 8 heteroatoms. The average molecular weight is 304 g/mol. The van der Waals surface area contributed by atoms with Crippen molar-refractivity contribution in [3.63, 3.8) is 0 Å². The van der Waals surface area contributed by atoms with Gasteiger partial charge in [0, 0.05) is 6.07 Å². The Morgan fingerprint density at radius 1 is 0.762 bits per heavy atom. The largest absolute Gasteiger partial charge is 0.494 e. The molecule has 2 aromatic carbocycles. The number of methoxy groups -OCH3 is 1. The zero-order valence-corrected chi connectivity index (χ0v) is 10.6. The summed E-state index contributed by atoms with van der Waals surface area (Å²) in [4.78, 5) is 0. The Balaban J connectivity index is 2.58. The number of hydrogen-bond acceptors (Lipinski definition) is 1. The third kappa shape index (κ3) is 2.70. The molecule has 0 heterocycles. The molecule has 0 aliphatic carbocycles. The molecule has 0 atom stereocenters. The molecule has 2 aromatic rings. The summed E-state index contributed by atoms with van der Waals surface area (Å²) in [6.07, 6.45) is 0. The van der Waals surface area contributed by atoms with E-state index in [1.807, 2.05) is 0 Å². The standard InChI is InChI=1S/C13H7BF6O/c1-21-8-3-2-5(15)9(13(8)20)14-10-11(18)6(16)4-7(17)12(10)19/h2-4,14H,1H3. The molecule has 0 spiro atoms. The zero-order valence-electron chi connectivity index (χ0n) is 10.6. The van der Waals surface area contributed by atoms with Gasteiger partial charge in [0.2, 0.25) is 7.28 Å². The Morgan fingerprint density at radius 2 is 1.33 bits per heavy atom. The second-order valence-electron chi connectivity index (χ2n) is 4.17. The highest BCUT2D eigenvalue weighted by Gasteiger charge is 2.24. The molecule has 0 amide bonds. The SMILES string of the molecule is COc1ccc(F)c(Bc2c(F)c(F)cc(F)c2F)c1F. The topological polar surface area (TPSA) is 9.23 Å². The second kappa shape index (κ2) is 5.71. The van der Waals surface area contributed by atoms with Crippen molar-refractivity contribution in [2.75, 3.05) is 7.11 Å². The summed E-state index contributed by atoms with van der Waals surface area (Å²) in [6, 6.07) is 1.82. The third-order valence-corrected chi connectivity index (χ3v) is 2.93. The number of rotatable bonds is 3. The van der Waals surface area contributed by atoms with Gasteiger partial charge in [-0.2, -0.15) is 0 Å². The lowest BCUT2D eigenvalue weighted by Crippen LogP contribution is -2.37. The van der Waals surface area contributed by atoms with Crippen LogP contribution in [0.2, 0.25) is 0 Å². The van der Waals surface area contributed by atoms with Crippen LogP contribution in [0, 0.1) is 34.9 Å². The van der Waals surface area contributed by atoms with E-state index < -0.39 is 53.1 Å². The molecular weight excluding hydrogens is 297 g/mol. The van der Waals surface area contributed by atoms with E-state index in [4.69, 9.17) is 0 Å². The van der Waals surface area contributed by atoms with Crippen molar-refractivity contribution in [3.8, 4) is 5.75 Å². The molecule has 0 unspecified atom stereocenters. The van der Waals surface area contributed by atoms with Gasteiger partial charge < -0.3 is 4.74 Å². The van der Waals surface area contributed by atoms with Crippen molar-refractivity contribution in [2.45, 2.75) is 0 Å². The first-order valence-electron chi connectivity index (χ1n) is 5.69. The van der Waals surface area contributed by atoms with Crippen molar-refractivity contribution in [1.82, 2.24) is 0 Å². The molecule has 0 saturated heterocycles.